The van der Waals surface area contributed by atoms with Crippen LogP contribution in [0, 0.1) is 0 Å². The zero-order valence-electron chi connectivity index (χ0n) is 11.0. The van der Waals surface area contributed by atoms with Crippen molar-refractivity contribution < 1.29 is 9.53 Å². The van der Waals surface area contributed by atoms with E-state index >= 15 is 0 Å². The number of para-hydroxylation sites is 1. The van der Waals surface area contributed by atoms with Crippen molar-refractivity contribution in [1.82, 2.24) is 10.3 Å². The Labute approximate surface area is 112 Å². The Morgan fingerprint density at radius 3 is 2.84 bits per heavy atom. The second-order valence-electron chi connectivity index (χ2n) is 5.38. The molecule has 1 amide bonds. The molecule has 0 saturated carbocycles. The Balaban J connectivity index is 1.84. The molecule has 0 radical (unpaired) electrons. The van der Waals surface area contributed by atoms with E-state index in [0.717, 1.165) is 23.7 Å². The van der Waals surface area contributed by atoms with Gasteiger partial charge in [-0.2, -0.15) is 0 Å². The smallest absolute Gasteiger partial charge is 0.253 e. The predicted octanol–water partition coefficient (Wildman–Crippen LogP) is 2.47. The quantitative estimate of drug-likeness (QED) is 0.869. The van der Waals surface area contributed by atoms with Crippen LogP contribution in [0.5, 0.6) is 0 Å². The van der Waals surface area contributed by atoms with Gasteiger partial charge in [-0.3, -0.25) is 4.79 Å². The van der Waals surface area contributed by atoms with Gasteiger partial charge in [-0.15, -0.1) is 0 Å². The van der Waals surface area contributed by atoms with Crippen LogP contribution in [0.1, 0.15) is 30.1 Å². The number of carbonyl (C=O) groups is 1. The van der Waals surface area contributed by atoms with Gasteiger partial charge in [-0.05, 0) is 25.8 Å². The van der Waals surface area contributed by atoms with Crippen LogP contribution in [0.2, 0.25) is 0 Å². The van der Waals surface area contributed by atoms with Gasteiger partial charge < -0.3 is 15.0 Å². The lowest BCUT2D eigenvalue weighted by molar-refractivity contribution is 0.0423. The highest BCUT2D eigenvalue weighted by atomic mass is 16.5. The van der Waals surface area contributed by atoms with Crippen LogP contribution in [0.3, 0.4) is 0 Å². The van der Waals surface area contributed by atoms with E-state index < -0.39 is 0 Å². The fourth-order valence-electron chi connectivity index (χ4n) is 2.55. The SMILES string of the molecule is CC1(NC(=O)c2c[nH]c3ccccc23)CCOCC1. The van der Waals surface area contributed by atoms with E-state index in [-0.39, 0.29) is 11.4 Å². The van der Waals surface area contributed by atoms with Crippen LogP contribution in [-0.4, -0.2) is 29.6 Å². The number of fused-ring (bicyclic) bond motifs is 1. The van der Waals surface area contributed by atoms with Gasteiger partial charge in [0.1, 0.15) is 0 Å². The first kappa shape index (κ1) is 12.2. The van der Waals surface area contributed by atoms with Gasteiger partial charge in [0, 0.05) is 35.9 Å². The summed E-state index contributed by atoms with van der Waals surface area (Å²) in [7, 11) is 0. The van der Waals surface area contributed by atoms with Crippen LogP contribution in [-0.2, 0) is 4.74 Å². The number of nitrogens with one attached hydrogen (secondary N) is 2. The minimum atomic E-state index is -0.159. The highest BCUT2D eigenvalue weighted by Gasteiger charge is 2.29. The van der Waals surface area contributed by atoms with Crippen molar-refractivity contribution in [2.24, 2.45) is 0 Å². The highest BCUT2D eigenvalue weighted by molar-refractivity contribution is 6.06. The molecule has 1 aromatic carbocycles. The van der Waals surface area contributed by atoms with Crippen molar-refractivity contribution in [3.8, 4) is 0 Å². The third-order valence-electron chi connectivity index (χ3n) is 3.85. The van der Waals surface area contributed by atoms with E-state index in [1.165, 1.54) is 0 Å². The maximum Gasteiger partial charge on any atom is 0.253 e. The van der Waals surface area contributed by atoms with Crippen molar-refractivity contribution in [1.29, 1.82) is 0 Å². The number of ether oxygens (including phenoxy) is 1. The topological polar surface area (TPSA) is 54.1 Å². The summed E-state index contributed by atoms with van der Waals surface area (Å²) in [6, 6.07) is 7.85. The molecule has 1 fully saturated rings. The summed E-state index contributed by atoms with van der Waals surface area (Å²) in [6.45, 7) is 3.51. The van der Waals surface area contributed by atoms with E-state index in [9.17, 15) is 4.79 Å². The summed E-state index contributed by atoms with van der Waals surface area (Å²) < 4.78 is 5.35. The molecule has 1 aliphatic heterocycles. The molecule has 0 bridgehead atoms. The molecule has 4 nitrogen and oxygen atoms in total. The summed E-state index contributed by atoms with van der Waals surface area (Å²) in [4.78, 5) is 15.6. The van der Waals surface area contributed by atoms with Crippen LogP contribution < -0.4 is 5.32 Å². The molecule has 0 atom stereocenters. The number of rotatable bonds is 2. The lowest BCUT2D eigenvalue weighted by atomic mass is 9.92. The standard InChI is InChI=1S/C15H18N2O2/c1-15(6-8-19-9-7-15)17-14(18)12-10-16-13-5-3-2-4-11(12)13/h2-5,10,16H,6-9H2,1H3,(H,17,18). The molecule has 4 heteroatoms. The Hall–Kier alpha value is -1.81. The van der Waals surface area contributed by atoms with Gasteiger partial charge in [0.05, 0.1) is 5.56 Å². The first-order valence-corrected chi connectivity index (χ1v) is 6.64. The lowest BCUT2D eigenvalue weighted by Gasteiger charge is -2.34. The molecule has 2 aromatic rings. The molecule has 0 spiro atoms. The van der Waals surface area contributed by atoms with Gasteiger partial charge >= 0.3 is 0 Å². The zero-order valence-corrected chi connectivity index (χ0v) is 11.0. The fourth-order valence-corrected chi connectivity index (χ4v) is 2.55. The summed E-state index contributed by atoms with van der Waals surface area (Å²) in [5.74, 6) is -0.0122. The largest absolute Gasteiger partial charge is 0.381 e. The number of hydrogen-bond acceptors (Lipinski definition) is 2. The molecule has 1 saturated heterocycles. The molecular formula is C15H18N2O2. The van der Waals surface area contributed by atoms with E-state index in [2.05, 4.69) is 17.2 Å². The van der Waals surface area contributed by atoms with Crippen molar-refractivity contribution in [2.45, 2.75) is 25.3 Å². The average Bonchev–Trinajstić information content (AvgIpc) is 2.83. The molecule has 3 rings (SSSR count). The van der Waals surface area contributed by atoms with Gasteiger partial charge in [0.15, 0.2) is 0 Å². The van der Waals surface area contributed by atoms with Gasteiger partial charge in [-0.1, -0.05) is 18.2 Å². The second-order valence-corrected chi connectivity index (χ2v) is 5.38. The summed E-state index contributed by atoms with van der Waals surface area (Å²) in [5, 5.41) is 4.12. The molecule has 2 heterocycles. The molecule has 1 aromatic heterocycles. The van der Waals surface area contributed by atoms with Crippen molar-refractivity contribution in [3.63, 3.8) is 0 Å². The Morgan fingerprint density at radius 2 is 2.05 bits per heavy atom. The predicted molar refractivity (Wildman–Crippen MR) is 74.2 cm³/mol. The minimum absolute atomic E-state index is 0.0122. The summed E-state index contributed by atoms with van der Waals surface area (Å²) >= 11 is 0. The number of H-pyrrole nitrogens is 1. The van der Waals surface area contributed by atoms with Crippen molar-refractivity contribution in [3.05, 3.63) is 36.0 Å². The number of hydrogen-bond donors (Lipinski definition) is 2. The number of amides is 1. The molecule has 2 N–H and O–H groups in total. The van der Waals surface area contributed by atoms with Crippen LogP contribution in [0.4, 0.5) is 0 Å². The lowest BCUT2D eigenvalue weighted by Crippen LogP contribution is -2.49. The molecule has 100 valence electrons. The third-order valence-corrected chi connectivity index (χ3v) is 3.85. The maximum absolute atomic E-state index is 12.4. The third kappa shape index (κ3) is 2.36. The molecule has 0 unspecified atom stereocenters. The average molecular weight is 258 g/mol. The minimum Gasteiger partial charge on any atom is -0.381 e. The Morgan fingerprint density at radius 1 is 1.32 bits per heavy atom. The first-order valence-electron chi connectivity index (χ1n) is 6.64. The Kier molecular flexibility index (Phi) is 3.03. The normalized spacial score (nSPS) is 18.4. The number of aromatic nitrogens is 1. The number of aromatic amines is 1. The van der Waals surface area contributed by atoms with E-state index in [1.807, 2.05) is 24.3 Å². The fraction of sp³-hybridized carbons (Fsp3) is 0.400. The molecule has 19 heavy (non-hydrogen) atoms. The molecule has 1 aliphatic rings. The first-order chi connectivity index (χ1) is 9.18. The zero-order chi connectivity index (χ0) is 13.3. The van der Waals surface area contributed by atoms with Gasteiger partial charge in [-0.25, -0.2) is 0 Å². The van der Waals surface area contributed by atoms with Gasteiger partial charge in [0.25, 0.3) is 5.91 Å². The van der Waals surface area contributed by atoms with Crippen LogP contribution in [0.15, 0.2) is 30.5 Å². The molecular weight excluding hydrogens is 240 g/mol. The second kappa shape index (κ2) is 4.70. The summed E-state index contributed by atoms with van der Waals surface area (Å²) in [6.07, 6.45) is 3.50. The van der Waals surface area contributed by atoms with E-state index in [1.54, 1.807) is 6.20 Å². The Bertz CT molecular complexity index is 597. The van der Waals surface area contributed by atoms with Crippen molar-refractivity contribution in [2.75, 3.05) is 13.2 Å². The summed E-state index contributed by atoms with van der Waals surface area (Å²) in [5.41, 5.74) is 1.54. The van der Waals surface area contributed by atoms with Crippen LogP contribution in [0.25, 0.3) is 10.9 Å². The van der Waals surface area contributed by atoms with E-state index in [0.29, 0.717) is 18.8 Å². The maximum atomic E-state index is 12.4. The van der Waals surface area contributed by atoms with Crippen molar-refractivity contribution >= 4 is 16.8 Å². The monoisotopic (exact) mass is 258 g/mol. The number of carbonyl (C=O) groups excluding carboxylic acids is 1. The number of benzene rings is 1. The highest BCUT2D eigenvalue weighted by Crippen LogP contribution is 2.22. The van der Waals surface area contributed by atoms with Crippen LogP contribution >= 0.6 is 0 Å². The van der Waals surface area contributed by atoms with E-state index in [4.69, 9.17) is 4.74 Å². The van der Waals surface area contributed by atoms with Gasteiger partial charge in [0.2, 0.25) is 0 Å². The molecule has 0 aliphatic carbocycles.